The van der Waals surface area contributed by atoms with Gasteiger partial charge in [0.05, 0.1) is 0 Å². The molecule has 92 valence electrons. The van der Waals surface area contributed by atoms with Gasteiger partial charge in [0.1, 0.15) is 11.5 Å². The van der Waals surface area contributed by atoms with Gasteiger partial charge < -0.3 is 5.11 Å². The van der Waals surface area contributed by atoms with Crippen LogP contribution in [0.15, 0.2) is 18.3 Å². The maximum atomic E-state index is 11.8. The number of amides is 1. The zero-order valence-electron chi connectivity index (χ0n) is 9.25. The molecule has 7 nitrogen and oxygen atoms in total. The number of aryl methyl sites for hydroxylation is 1. The molecule has 0 bridgehead atoms. The van der Waals surface area contributed by atoms with Crippen molar-refractivity contribution in [3.63, 3.8) is 0 Å². The fourth-order valence-corrected chi connectivity index (χ4v) is 1.78. The van der Waals surface area contributed by atoms with Crippen LogP contribution in [0.5, 0.6) is 0 Å². The van der Waals surface area contributed by atoms with Gasteiger partial charge in [-0.15, -0.1) is 0 Å². The molecule has 2 heterocycles. The van der Waals surface area contributed by atoms with Crippen molar-refractivity contribution >= 4 is 28.5 Å². The second-order valence-corrected chi connectivity index (χ2v) is 4.09. The fourth-order valence-electron chi connectivity index (χ4n) is 1.21. The summed E-state index contributed by atoms with van der Waals surface area (Å²) in [5.41, 5.74) is 0.0198. The molecule has 0 saturated carbocycles. The molecule has 2 N–H and O–H groups in total. The number of carboxylic acid groups (broad SMARTS) is 1. The van der Waals surface area contributed by atoms with Crippen molar-refractivity contribution in [2.24, 2.45) is 0 Å². The van der Waals surface area contributed by atoms with E-state index in [-0.39, 0.29) is 11.3 Å². The van der Waals surface area contributed by atoms with E-state index in [2.05, 4.69) is 19.7 Å². The van der Waals surface area contributed by atoms with Crippen molar-refractivity contribution in [1.29, 1.82) is 0 Å². The lowest BCUT2D eigenvalue weighted by Crippen LogP contribution is -2.13. The Balaban J connectivity index is 2.18. The first kappa shape index (κ1) is 12.1. The van der Waals surface area contributed by atoms with Gasteiger partial charge >= 0.3 is 5.97 Å². The van der Waals surface area contributed by atoms with E-state index in [0.717, 1.165) is 11.5 Å². The summed E-state index contributed by atoms with van der Waals surface area (Å²) >= 11 is 1.06. The summed E-state index contributed by atoms with van der Waals surface area (Å²) < 4.78 is 3.92. The third-order valence-electron chi connectivity index (χ3n) is 1.99. The normalized spacial score (nSPS) is 10.1. The zero-order valence-corrected chi connectivity index (χ0v) is 10.1. The Kier molecular flexibility index (Phi) is 3.28. The number of carbonyl (C=O) groups is 2. The number of nitrogens with zero attached hydrogens (tertiary/aromatic N) is 3. The van der Waals surface area contributed by atoms with Crippen LogP contribution < -0.4 is 5.32 Å². The van der Waals surface area contributed by atoms with Crippen LogP contribution in [0.25, 0.3) is 0 Å². The van der Waals surface area contributed by atoms with Crippen LogP contribution in [-0.4, -0.2) is 31.3 Å². The highest BCUT2D eigenvalue weighted by atomic mass is 32.1. The van der Waals surface area contributed by atoms with Gasteiger partial charge in [-0.05, 0) is 19.1 Å². The van der Waals surface area contributed by atoms with Crippen molar-refractivity contribution in [1.82, 2.24) is 14.3 Å². The van der Waals surface area contributed by atoms with E-state index in [9.17, 15) is 9.59 Å². The lowest BCUT2D eigenvalue weighted by atomic mass is 10.2. The predicted octanol–water partition coefficient (Wildman–Crippen LogP) is 1.19. The highest BCUT2D eigenvalue weighted by Gasteiger charge is 2.12. The summed E-state index contributed by atoms with van der Waals surface area (Å²) in [7, 11) is 0. The van der Waals surface area contributed by atoms with Crippen molar-refractivity contribution in [2.45, 2.75) is 6.92 Å². The Morgan fingerprint density at radius 2 is 2.22 bits per heavy atom. The molecule has 2 rings (SSSR count). The molecule has 0 aliphatic heterocycles. The molecule has 0 unspecified atom stereocenters. The van der Waals surface area contributed by atoms with E-state index in [4.69, 9.17) is 5.11 Å². The topological polar surface area (TPSA) is 105 Å². The van der Waals surface area contributed by atoms with Gasteiger partial charge in [0.25, 0.3) is 5.91 Å². The average Bonchev–Trinajstić information content (AvgIpc) is 2.75. The minimum atomic E-state index is -1.18. The lowest BCUT2D eigenvalue weighted by Gasteiger charge is -2.01. The molecular weight excluding hydrogens is 256 g/mol. The summed E-state index contributed by atoms with van der Waals surface area (Å²) in [5, 5.41) is 11.7. The van der Waals surface area contributed by atoms with E-state index in [1.54, 1.807) is 6.92 Å². The molecule has 2 aromatic heterocycles. The molecule has 0 atom stereocenters. The smallest absolute Gasteiger partial charge is 0.354 e. The van der Waals surface area contributed by atoms with Gasteiger partial charge in [-0.1, -0.05) is 0 Å². The van der Waals surface area contributed by atoms with Gasteiger partial charge in [0.15, 0.2) is 0 Å². The van der Waals surface area contributed by atoms with E-state index in [1.807, 2.05) is 0 Å². The molecule has 0 aliphatic rings. The van der Waals surface area contributed by atoms with Crippen LogP contribution in [0.3, 0.4) is 0 Å². The molecule has 18 heavy (non-hydrogen) atoms. The highest BCUT2D eigenvalue weighted by Crippen LogP contribution is 2.12. The number of rotatable bonds is 3. The largest absolute Gasteiger partial charge is 0.477 e. The van der Waals surface area contributed by atoms with Crippen molar-refractivity contribution in [3.8, 4) is 0 Å². The first-order chi connectivity index (χ1) is 8.56. The quantitative estimate of drug-likeness (QED) is 0.862. The predicted molar refractivity (Wildman–Crippen MR) is 63.8 cm³/mol. The molecule has 0 spiro atoms. The Morgan fingerprint density at radius 1 is 1.44 bits per heavy atom. The number of pyridine rings is 1. The molecular formula is C10H8N4O3S. The van der Waals surface area contributed by atoms with Gasteiger partial charge in [0.2, 0.25) is 5.13 Å². The van der Waals surface area contributed by atoms with Gasteiger partial charge in [-0.2, -0.15) is 4.37 Å². The summed E-state index contributed by atoms with van der Waals surface area (Å²) in [6.07, 6.45) is 1.27. The second kappa shape index (κ2) is 4.88. The monoisotopic (exact) mass is 264 g/mol. The third-order valence-corrected chi connectivity index (χ3v) is 2.71. The van der Waals surface area contributed by atoms with Crippen LogP contribution in [0.1, 0.15) is 26.7 Å². The Bertz CT molecular complexity index is 611. The number of aromatic carboxylic acids is 1. The van der Waals surface area contributed by atoms with Crippen LogP contribution in [0.4, 0.5) is 5.13 Å². The van der Waals surface area contributed by atoms with E-state index >= 15 is 0 Å². The fraction of sp³-hybridized carbons (Fsp3) is 0.100. The number of hydrogen-bond donors (Lipinski definition) is 2. The van der Waals surface area contributed by atoms with Crippen molar-refractivity contribution < 1.29 is 14.7 Å². The molecule has 0 aromatic carbocycles. The van der Waals surface area contributed by atoms with Crippen LogP contribution in [-0.2, 0) is 0 Å². The van der Waals surface area contributed by atoms with Crippen LogP contribution in [0, 0.1) is 6.92 Å². The number of carboxylic acids is 1. The molecule has 1 amide bonds. The Morgan fingerprint density at radius 3 is 2.83 bits per heavy atom. The van der Waals surface area contributed by atoms with E-state index in [1.165, 1.54) is 18.3 Å². The number of aromatic nitrogens is 3. The lowest BCUT2D eigenvalue weighted by molar-refractivity contribution is 0.0690. The molecule has 0 fully saturated rings. The first-order valence-electron chi connectivity index (χ1n) is 4.87. The highest BCUT2D eigenvalue weighted by molar-refractivity contribution is 7.09. The van der Waals surface area contributed by atoms with Crippen LogP contribution >= 0.6 is 11.5 Å². The van der Waals surface area contributed by atoms with Crippen molar-refractivity contribution in [3.05, 3.63) is 35.4 Å². The second-order valence-electron chi connectivity index (χ2n) is 3.34. The number of carbonyl (C=O) groups excluding carboxylic acids is 1. The summed E-state index contributed by atoms with van der Waals surface area (Å²) in [6.45, 7) is 1.71. The molecule has 0 radical (unpaired) electrons. The summed E-state index contributed by atoms with van der Waals surface area (Å²) in [6, 6.07) is 2.63. The van der Waals surface area contributed by atoms with Gasteiger partial charge in [-0.25, -0.2) is 14.8 Å². The van der Waals surface area contributed by atoms with Crippen molar-refractivity contribution in [2.75, 3.05) is 5.32 Å². The minimum absolute atomic E-state index is 0.184. The maximum absolute atomic E-state index is 11.8. The molecule has 0 aliphatic carbocycles. The Labute approximate surface area is 106 Å². The third kappa shape index (κ3) is 2.66. The minimum Gasteiger partial charge on any atom is -0.477 e. The number of hydrogen-bond acceptors (Lipinski definition) is 6. The van der Waals surface area contributed by atoms with Gasteiger partial charge in [0, 0.05) is 23.3 Å². The Hall–Kier alpha value is -2.35. The zero-order chi connectivity index (χ0) is 13.1. The van der Waals surface area contributed by atoms with E-state index < -0.39 is 11.9 Å². The summed E-state index contributed by atoms with van der Waals surface area (Å²) in [5.74, 6) is -1.07. The molecule has 0 saturated heterocycles. The van der Waals surface area contributed by atoms with E-state index in [0.29, 0.717) is 11.0 Å². The molecule has 2 aromatic rings. The molecule has 8 heteroatoms. The first-order valence-corrected chi connectivity index (χ1v) is 5.64. The standard InChI is InChI=1S/C10H8N4O3S/c1-5-12-10(18-14-5)13-8(15)6-2-3-11-7(4-6)9(16)17/h2-4H,1H3,(H,16,17)(H,12,13,14,15). The SMILES string of the molecule is Cc1nsc(NC(=O)c2ccnc(C(=O)O)c2)n1. The number of anilines is 1. The van der Waals surface area contributed by atoms with Gasteiger partial charge in [-0.3, -0.25) is 10.1 Å². The number of nitrogens with one attached hydrogen (secondary N) is 1. The summed E-state index contributed by atoms with van der Waals surface area (Å²) in [4.78, 5) is 30.1. The average molecular weight is 264 g/mol. The van der Waals surface area contributed by atoms with Crippen LogP contribution in [0.2, 0.25) is 0 Å². The maximum Gasteiger partial charge on any atom is 0.354 e.